The van der Waals surface area contributed by atoms with E-state index >= 15 is 0 Å². The van der Waals surface area contributed by atoms with Crippen molar-refractivity contribution in [1.82, 2.24) is 24.4 Å². The molecule has 1 aliphatic carbocycles. The molecule has 2 fully saturated rings. The molecule has 3 aromatic rings. The van der Waals surface area contributed by atoms with E-state index in [9.17, 15) is 4.39 Å². The molecule has 0 spiro atoms. The lowest BCUT2D eigenvalue weighted by molar-refractivity contribution is 0.283. The normalized spacial score (nSPS) is 21.0. The Kier molecular flexibility index (Phi) is 5.14. The van der Waals surface area contributed by atoms with Gasteiger partial charge < -0.3 is 14.8 Å². The lowest BCUT2D eigenvalue weighted by atomic mass is 9.93. The van der Waals surface area contributed by atoms with Gasteiger partial charge in [-0.1, -0.05) is 0 Å². The Morgan fingerprint density at radius 3 is 2.53 bits per heavy atom. The number of hydrogen-bond donors (Lipinski definition) is 1. The van der Waals surface area contributed by atoms with Crippen molar-refractivity contribution in [2.75, 3.05) is 25.0 Å². The molecular formula is C25H29FN6. The van der Waals surface area contributed by atoms with Gasteiger partial charge in [0, 0.05) is 36.8 Å². The second-order valence-electron chi connectivity index (χ2n) is 9.34. The van der Waals surface area contributed by atoms with Crippen LogP contribution in [0.25, 0.3) is 22.6 Å². The first-order valence-corrected chi connectivity index (χ1v) is 11.9. The maximum absolute atomic E-state index is 13.6. The molecule has 0 radical (unpaired) electrons. The number of likely N-dealkylation sites (tertiary alicyclic amines) is 1. The number of aromatic nitrogens is 4. The van der Waals surface area contributed by atoms with Gasteiger partial charge in [0.1, 0.15) is 11.6 Å². The van der Waals surface area contributed by atoms with Crippen LogP contribution in [0.4, 0.5) is 10.3 Å². The minimum absolute atomic E-state index is 0.233. The number of halogens is 1. The smallest absolute Gasteiger partial charge is 0.223 e. The summed E-state index contributed by atoms with van der Waals surface area (Å²) >= 11 is 0. The molecule has 1 saturated carbocycles. The molecule has 0 amide bonds. The van der Waals surface area contributed by atoms with Gasteiger partial charge in [-0.15, -0.1) is 0 Å². The molecule has 1 N–H and O–H groups in total. The first kappa shape index (κ1) is 19.9. The predicted molar refractivity (Wildman–Crippen MR) is 123 cm³/mol. The first-order valence-electron chi connectivity index (χ1n) is 11.9. The average Bonchev–Trinajstić information content (AvgIpc) is 3.50. The summed E-state index contributed by atoms with van der Waals surface area (Å²) in [6.45, 7) is 3.42. The van der Waals surface area contributed by atoms with Gasteiger partial charge in [-0.05, 0) is 81.9 Å². The highest BCUT2D eigenvalue weighted by molar-refractivity contribution is 5.78. The van der Waals surface area contributed by atoms with E-state index in [1.54, 1.807) is 0 Å². The molecule has 166 valence electrons. The maximum atomic E-state index is 13.6. The Bertz CT molecular complexity index is 1100. The van der Waals surface area contributed by atoms with E-state index < -0.39 is 0 Å². The lowest BCUT2D eigenvalue weighted by Gasteiger charge is -2.26. The van der Waals surface area contributed by atoms with Crippen LogP contribution in [0, 0.1) is 5.82 Å². The fourth-order valence-electron chi connectivity index (χ4n) is 5.26. The number of nitrogens with zero attached hydrogens (tertiary/aromatic N) is 5. The Labute approximate surface area is 187 Å². The van der Waals surface area contributed by atoms with Crippen LogP contribution in [0.1, 0.15) is 50.4 Å². The van der Waals surface area contributed by atoms with E-state index in [1.165, 1.54) is 57.3 Å². The van der Waals surface area contributed by atoms with Gasteiger partial charge in [-0.3, -0.25) is 0 Å². The van der Waals surface area contributed by atoms with Gasteiger partial charge in [0.05, 0.1) is 17.1 Å². The number of anilines is 1. The first-order chi connectivity index (χ1) is 15.7. The molecule has 1 atom stereocenters. The van der Waals surface area contributed by atoms with E-state index in [2.05, 4.69) is 19.8 Å². The number of imidazole rings is 1. The minimum atomic E-state index is -0.233. The number of fused-ring (bicyclic) bond motifs is 1. The Hall–Kier alpha value is -2.80. The van der Waals surface area contributed by atoms with Crippen molar-refractivity contribution in [3.8, 4) is 22.6 Å². The van der Waals surface area contributed by atoms with Crippen LogP contribution in [0.15, 0.2) is 36.5 Å². The van der Waals surface area contributed by atoms with E-state index in [0.717, 1.165) is 47.9 Å². The molecule has 3 aliphatic rings. The molecule has 1 unspecified atom stereocenters. The van der Waals surface area contributed by atoms with Crippen molar-refractivity contribution in [1.29, 1.82) is 0 Å². The topological polar surface area (TPSA) is 58.9 Å². The van der Waals surface area contributed by atoms with Crippen LogP contribution >= 0.6 is 0 Å². The van der Waals surface area contributed by atoms with Gasteiger partial charge in [0.2, 0.25) is 5.95 Å². The fourth-order valence-corrected chi connectivity index (χ4v) is 5.26. The lowest BCUT2D eigenvalue weighted by Crippen LogP contribution is -2.28. The van der Waals surface area contributed by atoms with Gasteiger partial charge in [0.25, 0.3) is 0 Å². The number of aryl methyl sites for hydroxylation is 1. The summed E-state index contributed by atoms with van der Waals surface area (Å²) in [5.41, 5.74) is 3.73. The second kappa shape index (κ2) is 8.28. The summed E-state index contributed by atoms with van der Waals surface area (Å²) in [4.78, 5) is 17.0. The Morgan fingerprint density at radius 1 is 0.969 bits per heavy atom. The second-order valence-corrected chi connectivity index (χ2v) is 9.34. The van der Waals surface area contributed by atoms with Crippen LogP contribution < -0.4 is 5.32 Å². The third-order valence-electron chi connectivity index (χ3n) is 7.17. The van der Waals surface area contributed by atoms with Crippen molar-refractivity contribution < 1.29 is 4.39 Å². The van der Waals surface area contributed by atoms with Crippen molar-refractivity contribution in [2.24, 2.45) is 0 Å². The molecule has 0 bridgehead atoms. The summed E-state index contributed by atoms with van der Waals surface area (Å²) in [6, 6.07) is 9.50. The molecule has 2 aromatic heterocycles. The predicted octanol–water partition coefficient (Wildman–Crippen LogP) is 4.69. The quantitative estimate of drug-likeness (QED) is 0.612. The number of nitrogens with one attached hydrogen (secondary N) is 1. The van der Waals surface area contributed by atoms with Crippen molar-refractivity contribution in [3.63, 3.8) is 0 Å². The van der Waals surface area contributed by atoms with Crippen molar-refractivity contribution >= 4 is 5.95 Å². The molecule has 1 aromatic carbocycles. The number of hydrogen-bond acceptors (Lipinski definition) is 5. The zero-order valence-corrected chi connectivity index (χ0v) is 18.3. The summed E-state index contributed by atoms with van der Waals surface area (Å²) in [6.07, 6.45) is 10.1. The van der Waals surface area contributed by atoms with E-state index in [4.69, 9.17) is 9.97 Å². The molecule has 32 heavy (non-hydrogen) atoms. The molecule has 4 heterocycles. The van der Waals surface area contributed by atoms with Gasteiger partial charge in [0.15, 0.2) is 0 Å². The molecule has 1 saturated heterocycles. The third-order valence-corrected chi connectivity index (χ3v) is 7.17. The average molecular weight is 433 g/mol. The Morgan fingerprint density at radius 2 is 1.78 bits per heavy atom. The zero-order chi connectivity index (χ0) is 21.5. The van der Waals surface area contributed by atoms with Gasteiger partial charge in [-0.25, -0.2) is 19.3 Å². The van der Waals surface area contributed by atoms with Crippen LogP contribution in [-0.4, -0.2) is 50.1 Å². The van der Waals surface area contributed by atoms with Crippen LogP contribution in [0.3, 0.4) is 0 Å². The van der Waals surface area contributed by atoms with Gasteiger partial charge >= 0.3 is 0 Å². The van der Waals surface area contributed by atoms with E-state index in [1.807, 2.05) is 24.4 Å². The van der Waals surface area contributed by atoms with Crippen molar-refractivity contribution in [2.45, 2.75) is 57.0 Å². The zero-order valence-electron chi connectivity index (χ0n) is 18.3. The van der Waals surface area contributed by atoms with Crippen LogP contribution in [0.2, 0.25) is 0 Å². The molecule has 7 heteroatoms. The van der Waals surface area contributed by atoms with Gasteiger partial charge in [-0.2, -0.15) is 0 Å². The van der Waals surface area contributed by atoms with Crippen LogP contribution in [0.5, 0.6) is 0 Å². The highest BCUT2D eigenvalue weighted by atomic mass is 19.1. The molecule has 6 rings (SSSR count). The summed E-state index contributed by atoms with van der Waals surface area (Å²) < 4.78 is 16.0. The van der Waals surface area contributed by atoms with Crippen molar-refractivity contribution in [3.05, 3.63) is 48.2 Å². The summed E-state index contributed by atoms with van der Waals surface area (Å²) in [5.74, 6) is 1.56. The fraction of sp³-hybridized carbons (Fsp3) is 0.480. The Balaban J connectivity index is 1.43. The monoisotopic (exact) mass is 432 g/mol. The SMILES string of the molecule is Fc1ccc(-c2nc3n(c2-c2ccnc(NC4CCC4)n2)C(CN2CCCC2)CC3)cc1. The maximum Gasteiger partial charge on any atom is 0.223 e. The largest absolute Gasteiger partial charge is 0.351 e. The summed E-state index contributed by atoms with van der Waals surface area (Å²) in [7, 11) is 0. The summed E-state index contributed by atoms with van der Waals surface area (Å²) in [5, 5.41) is 3.48. The standard InChI is InChI=1S/C25H29FN6/c26-18-8-6-17(7-9-18)23-24(21-12-13-27-25(29-21)28-19-4-3-5-19)32-20(10-11-22(32)30-23)16-31-14-1-2-15-31/h6-9,12-13,19-20H,1-5,10-11,14-16H2,(H,27,28,29). The highest BCUT2D eigenvalue weighted by Gasteiger charge is 2.32. The minimum Gasteiger partial charge on any atom is -0.351 e. The van der Waals surface area contributed by atoms with Crippen LogP contribution in [-0.2, 0) is 6.42 Å². The van der Waals surface area contributed by atoms with E-state index in [-0.39, 0.29) is 5.82 Å². The molecular weight excluding hydrogens is 403 g/mol. The molecule has 2 aliphatic heterocycles. The number of rotatable bonds is 6. The third kappa shape index (κ3) is 3.68. The van der Waals surface area contributed by atoms with E-state index in [0.29, 0.717) is 18.0 Å². The highest BCUT2D eigenvalue weighted by Crippen LogP contribution is 2.40. The number of benzene rings is 1. The molecule has 6 nitrogen and oxygen atoms in total.